The molecule has 2 aromatic carbocycles. The monoisotopic (exact) mass is 308 g/mol. The summed E-state index contributed by atoms with van der Waals surface area (Å²) < 4.78 is 4.88. The average Bonchev–Trinajstić information content (AvgIpc) is 2.50. The topological polar surface area (TPSA) is 131 Å². The third-order valence-electron chi connectivity index (χ3n) is 4.01. The molecule has 1 aliphatic rings. The average molecular weight is 308 g/mol. The Morgan fingerprint density at radius 1 is 1.09 bits per heavy atom. The van der Waals surface area contributed by atoms with Gasteiger partial charge in [0.05, 0.1) is 6.61 Å². The van der Waals surface area contributed by atoms with E-state index in [-0.39, 0.29) is 5.56 Å². The van der Waals surface area contributed by atoms with Crippen LogP contribution >= 0.6 is 0 Å². The summed E-state index contributed by atoms with van der Waals surface area (Å²) >= 11 is 0. The smallest absolute Gasteiger partial charge is 0.183 e. The lowest BCUT2D eigenvalue weighted by Gasteiger charge is -2.42. The quantitative estimate of drug-likeness (QED) is 0.392. The minimum atomic E-state index is -2.19. The molecule has 0 bridgehead atoms. The van der Waals surface area contributed by atoms with Crippen LogP contribution in [0.4, 0.5) is 0 Å². The van der Waals surface area contributed by atoms with Gasteiger partial charge in [-0.25, -0.2) is 0 Å². The first-order valence-corrected chi connectivity index (χ1v) is 6.68. The maximum Gasteiger partial charge on any atom is 0.183 e. The number of fused-ring (bicyclic) bond motifs is 1. The Morgan fingerprint density at radius 2 is 1.77 bits per heavy atom. The molecule has 1 saturated heterocycles. The maximum atomic E-state index is 10.8. The summed E-state index contributed by atoms with van der Waals surface area (Å²) in [5.74, 6) is -1.10. The van der Waals surface area contributed by atoms with Crippen LogP contribution in [0.2, 0.25) is 0 Å². The fraction of sp³-hybridized carbons (Fsp3) is 0.333. The fourth-order valence-electron chi connectivity index (χ4n) is 2.81. The van der Waals surface area contributed by atoms with Crippen LogP contribution in [0.3, 0.4) is 0 Å². The van der Waals surface area contributed by atoms with E-state index in [4.69, 9.17) is 4.74 Å². The Labute approximate surface area is 125 Å². The normalized spacial score (nSPS) is 32.3. The Bertz CT molecular complexity index is 716. The minimum Gasteiger partial charge on any atom is -0.504 e. The number of benzene rings is 2. The number of ether oxygens (including phenoxy) is 1. The number of aliphatic hydroxyl groups is 4. The molecule has 1 fully saturated rings. The largest absolute Gasteiger partial charge is 0.504 e. The Hall–Kier alpha value is -1.90. The lowest BCUT2D eigenvalue weighted by molar-refractivity contribution is -0.289. The maximum absolute atomic E-state index is 10.8. The van der Waals surface area contributed by atoms with Crippen LogP contribution < -0.4 is 0 Å². The number of aliphatic hydroxyl groups excluding tert-OH is 3. The summed E-state index contributed by atoms with van der Waals surface area (Å²) in [5, 5.41) is 61.0. The van der Waals surface area contributed by atoms with Gasteiger partial charge in [-0.05, 0) is 16.8 Å². The summed E-state index contributed by atoms with van der Waals surface area (Å²) in [6, 6.07) is 7.93. The van der Waals surface area contributed by atoms with Crippen molar-refractivity contribution >= 4 is 10.8 Å². The van der Waals surface area contributed by atoms with Gasteiger partial charge in [0.25, 0.3) is 0 Å². The molecular formula is C15H16O7. The highest BCUT2D eigenvalue weighted by molar-refractivity contribution is 5.90. The van der Waals surface area contributed by atoms with Gasteiger partial charge in [0.1, 0.15) is 17.8 Å². The van der Waals surface area contributed by atoms with Gasteiger partial charge in [-0.15, -0.1) is 0 Å². The molecule has 0 amide bonds. The number of phenols is 2. The number of phenolic OH excluding ortho intramolecular Hbond substituents is 2. The molecule has 7 heteroatoms. The van der Waals surface area contributed by atoms with Crippen LogP contribution in [0.5, 0.6) is 11.5 Å². The van der Waals surface area contributed by atoms with E-state index in [9.17, 15) is 30.6 Å². The molecule has 118 valence electrons. The van der Waals surface area contributed by atoms with E-state index in [1.165, 1.54) is 6.07 Å². The summed E-state index contributed by atoms with van der Waals surface area (Å²) in [4.78, 5) is 0. The molecule has 3 rings (SSSR count). The van der Waals surface area contributed by atoms with Crippen molar-refractivity contribution in [2.24, 2.45) is 0 Å². The van der Waals surface area contributed by atoms with Crippen molar-refractivity contribution in [2.45, 2.75) is 24.1 Å². The van der Waals surface area contributed by atoms with Gasteiger partial charge >= 0.3 is 0 Å². The van der Waals surface area contributed by atoms with Crippen molar-refractivity contribution in [2.75, 3.05) is 6.61 Å². The molecular weight excluding hydrogens is 292 g/mol. The van der Waals surface area contributed by atoms with Crippen molar-refractivity contribution < 1.29 is 35.4 Å². The molecule has 2 aromatic rings. The van der Waals surface area contributed by atoms with Crippen LogP contribution in [0.1, 0.15) is 5.56 Å². The molecule has 0 radical (unpaired) electrons. The first-order chi connectivity index (χ1) is 10.4. The van der Waals surface area contributed by atoms with Crippen molar-refractivity contribution in [3.8, 4) is 11.5 Å². The van der Waals surface area contributed by atoms with Gasteiger partial charge in [-0.2, -0.15) is 0 Å². The SMILES string of the molecule is Oc1cc2ccccc2c([C@@]2(O)CO[C@@H](O)[C@H](O)[C@H]2O)c1O. The second-order valence-corrected chi connectivity index (χ2v) is 5.40. The van der Waals surface area contributed by atoms with Crippen molar-refractivity contribution in [3.63, 3.8) is 0 Å². The highest BCUT2D eigenvalue weighted by atomic mass is 16.6. The zero-order valence-electron chi connectivity index (χ0n) is 11.4. The van der Waals surface area contributed by atoms with E-state index < -0.39 is 42.2 Å². The molecule has 4 atom stereocenters. The number of hydrogen-bond donors (Lipinski definition) is 6. The standard InChI is InChI=1S/C15H16O7/c16-9-5-7-3-1-2-4-8(7)10(11(9)17)15(21)6-22-14(20)12(18)13(15)19/h1-5,12-14,16-21H,6H2/t12-,13-,14-,15+/m1/s1. The van der Waals surface area contributed by atoms with Crippen LogP contribution in [0.25, 0.3) is 10.8 Å². The van der Waals surface area contributed by atoms with Gasteiger partial charge in [0.15, 0.2) is 17.8 Å². The van der Waals surface area contributed by atoms with Crippen molar-refractivity contribution in [1.82, 2.24) is 0 Å². The van der Waals surface area contributed by atoms with Crippen LogP contribution in [0.15, 0.2) is 30.3 Å². The molecule has 6 N–H and O–H groups in total. The van der Waals surface area contributed by atoms with Crippen LogP contribution in [-0.2, 0) is 10.3 Å². The van der Waals surface area contributed by atoms with Gasteiger partial charge in [-0.3, -0.25) is 0 Å². The van der Waals surface area contributed by atoms with E-state index in [1.807, 2.05) is 0 Å². The highest BCUT2D eigenvalue weighted by Crippen LogP contribution is 2.45. The second-order valence-electron chi connectivity index (χ2n) is 5.40. The molecule has 0 unspecified atom stereocenters. The molecule has 0 saturated carbocycles. The number of rotatable bonds is 1. The predicted octanol–water partition coefficient (Wildman–Crippen LogP) is -0.491. The van der Waals surface area contributed by atoms with Crippen molar-refractivity contribution in [1.29, 1.82) is 0 Å². The lowest BCUT2D eigenvalue weighted by Crippen LogP contribution is -2.59. The van der Waals surface area contributed by atoms with E-state index >= 15 is 0 Å². The number of aromatic hydroxyl groups is 2. The highest BCUT2D eigenvalue weighted by Gasteiger charge is 2.51. The predicted molar refractivity (Wildman–Crippen MR) is 75.1 cm³/mol. The van der Waals surface area contributed by atoms with Gasteiger partial charge < -0.3 is 35.4 Å². The summed E-state index contributed by atoms with van der Waals surface area (Å²) in [6.45, 7) is -0.562. The van der Waals surface area contributed by atoms with Gasteiger partial charge in [0, 0.05) is 5.56 Å². The van der Waals surface area contributed by atoms with Crippen LogP contribution in [-0.4, -0.2) is 55.7 Å². The second kappa shape index (κ2) is 5.08. The van der Waals surface area contributed by atoms with E-state index in [1.54, 1.807) is 24.3 Å². The van der Waals surface area contributed by atoms with E-state index in [0.717, 1.165) is 0 Å². The third kappa shape index (κ3) is 2.03. The molecule has 22 heavy (non-hydrogen) atoms. The van der Waals surface area contributed by atoms with E-state index in [2.05, 4.69) is 0 Å². The summed E-state index contributed by atoms with van der Waals surface area (Å²) in [5.41, 5.74) is -2.36. The van der Waals surface area contributed by atoms with Gasteiger partial charge in [0.2, 0.25) is 0 Å². The molecule has 7 nitrogen and oxygen atoms in total. The Kier molecular flexibility index (Phi) is 3.47. The van der Waals surface area contributed by atoms with E-state index in [0.29, 0.717) is 10.8 Å². The first kappa shape index (κ1) is 15.0. The van der Waals surface area contributed by atoms with Gasteiger partial charge in [-0.1, -0.05) is 24.3 Å². The molecule has 0 aromatic heterocycles. The third-order valence-corrected chi connectivity index (χ3v) is 4.01. The summed E-state index contributed by atoms with van der Waals surface area (Å²) in [6.07, 6.45) is -5.23. The Morgan fingerprint density at radius 3 is 2.50 bits per heavy atom. The molecule has 0 aliphatic carbocycles. The molecule has 1 aliphatic heterocycles. The molecule has 0 spiro atoms. The summed E-state index contributed by atoms with van der Waals surface area (Å²) in [7, 11) is 0. The van der Waals surface area contributed by atoms with Crippen molar-refractivity contribution in [3.05, 3.63) is 35.9 Å². The minimum absolute atomic E-state index is 0.165. The van der Waals surface area contributed by atoms with Crippen LogP contribution in [0, 0.1) is 0 Å². The fourth-order valence-corrected chi connectivity index (χ4v) is 2.81. The number of hydrogen-bond acceptors (Lipinski definition) is 7. The Balaban J connectivity index is 2.27. The zero-order chi connectivity index (χ0) is 16.1. The first-order valence-electron chi connectivity index (χ1n) is 6.68. The molecule has 1 heterocycles. The lowest BCUT2D eigenvalue weighted by atomic mass is 9.81. The zero-order valence-corrected chi connectivity index (χ0v) is 11.4.